The van der Waals surface area contributed by atoms with E-state index in [1.54, 1.807) is 0 Å². The number of halogens is 4. The molecule has 0 saturated carbocycles. The van der Waals surface area contributed by atoms with Gasteiger partial charge in [0.15, 0.2) is 0 Å². The molecule has 0 bridgehead atoms. The van der Waals surface area contributed by atoms with E-state index in [-0.39, 0.29) is 31.2 Å². The number of carbonyl (C=O) groups excluding carboxylic acids is 3. The van der Waals surface area contributed by atoms with E-state index in [4.69, 9.17) is 46.4 Å². The summed E-state index contributed by atoms with van der Waals surface area (Å²) in [5.74, 6) is -5.26. The maximum atomic E-state index is 13.5. The molecule has 4 aromatic carbocycles. The van der Waals surface area contributed by atoms with Crippen LogP contribution in [0.4, 0.5) is 0 Å². The minimum absolute atomic E-state index is 0.127. The zero-order valence-electron chi connectivity index (χ0n) is 18.8. The van der Waals surface area contributed by atoms with Crippen molar-refractivity contribution < 1.29 is 34.8 Å². The average molecular weight is 592 g/mol. The standard InChI is InChI=1S/C27H14Cl4O7/c28-11-1-3-21(32)15(5-11)23(34)17-7-13(30)9-19(25(17)36)27(38)20-10-14(31)8-18(26(20)37)24(35)16-6-12(29)2-4-22(16)33/h1-10,32-33,36-37H. The van der Waals surface area contributed by atoms with Crippen LogP contribution < -0.4 is 0 Å². The summed E-state index contributed by atoms with van der Waals surface area (Å²) in [6.07, 6.45) is 0. The first-order chi connectivity index (χ1) is 17.9. The number of phenols is 4. The van der Waals surface area contributed by atoms with Crippen molar-refractivity contribution in [3.63, 3.8) is 0 Å². The number of ketones is 3. The van der Waals surface area contributed by atoms with Gasteiger partial charge in [-0.2, -0.15) is 0 Å². The Morgan fingerprint density at radius 2 is 0.684 bits per heavy atom. The van der Waals surface area contributed by atoms with E-state index in [1.165, 1.54) is 36.4 Å². The molecule has 4 aromatic rings. The Balaban J connectivity index is 1.83. The summed E-state index contributed by atoms with van der Waals surface area (Å²) < 4.78 is 0. The molecule has 0 atom stereocenters. The van der Waals surface area contributed by atoms with E-state index >= 15 is 0 Å². The van der Waals surface area contributed by atoms with Crippen LogP contribution in [0.5, 0.6) is 23.0 Å². The second-order valence-electron chi connectivity index (χ2n) is 8.01. The number of phenolic OH excluding ortho intramolecular Hbond substituents is 4. The predicted molar refractivity (Wildman–Crippen MR) is 143 cm³/mol. The highest BCUT2D eigenvalue weighted by molar-refractivity contribution is 6.34. The minimum Gasteiger partial charge on any atom is -0.507 e. The van der Waals surface area contributed by atoms with Crippen LogP contribution in [-0.4, -0.2) is 37.8 Å². The molecule has 0 aliphatic heterocycles. The third kappa shape index (κ3) is 5.14. The first-order valence-corrected chi connectivity index (χ1v) is 12.1. The van der Waals surface area contributed by atoms with Crippen LogP contribution in [0.25, 0.3) is 0 Å². The number of rotatable bonds is 6. The van der Waals surface area contributed by atoms with E-state index in [1.807, 2.05) is 0 Å². The summed E-state index contributed by atoms with van der Waals surface area (Å²) in [5, 5.41) is 42.0. The number of hydrogen-bond donors (Lipinski definition) is 4. The normalized spacial score (nSPS) is 10.8. The van der Waals surface area contributed by atoms with Crippen LogP contribution >= 0.6 is 46.4 Å². The third-order valence-corrected chi connectivity index (χ3v) is 6.44. The van der Waals surface area contributed by atoms with Gasteiger partial charge in [0.2, 0.25) is 17.3 Å². The number of aromatic hydroxyl groups is 4. The molecule has 11 heteroatoms. The van der Waals surface area contributed by atoms with Crippen molar-refractivity contribution in [2.24, 2.45) is 0 Å². The molecule has 192 valence electrons. The van der Waals surface area contributed by atoms with Gasteiger partial charge in [0.1, 0.15) is 23.0 Å². The van der Waals surface area contributed by atoms with Gasteiger partial charge in [-0.1, -0.05) is 46.4 Å². The second kappa shape index (κ2) is 10.6. The summed E-state index contributed by atoms with van der Waals surface area (Å²) >= 11 is 24.1. The maximum absolute atomic E-state index is 13.5. The zero-order valence-corrected chi connectivity index (χ0v) is 21.8. The lowest BCUT2D eigenvalue weighted by Gasteiger charge is -2.14. The molecule has 0 aromatic heterocycles. The molecular weight excluding hydrogens is 578 g/mol. The molecule has 7 nitrogen and oxygen atoms in total. The molecule has 0 unspecified atom stereocenters. The molecule has 4 N–H and O–H groups in total. The summed E-state index contributed by atoms with van der Waals surface area (Å²) in [4.78, 5) is 39.6. The smallest absolute Gasteiger partial charge is 0.200 e. The van der Waals surface area contributed by atoms with Crippen molar-refractivity contribution in [3.05, 3.63) is 114 Å². The van der Waals surface area contributed by atoms with E-state index in [9.17, 15) is 34.8 Å². The maximum Gasteiger partial charge on any atom is 0.200 e. The van der Waals surface area contributed by atoms with Gasteiger partial charge in [-0.05, 0) is 60.7 Å². The fourth-order valence-electron chi connectivity index (χ4n) is 3.71. The predicted octanol–water partition coefficient (Wildman–Crippen LogP) is 6.82. The molecular formula is C27H14Cl4O7. The van der Waals surface area contributed by atoms with Gasteiger partial charge in [0.05, 0.1) is 33.4 Å². The Morgan fingerprint density at radius 1 is 0.421 bits per heavy atom. The van der Waals surface area contributed by atoms with Crippen LogP contribution in [-0.2, 0) is 0 Å². The van der Waals surface area contributed by atoms with Crippen molar-refractivity contribution in [1.82, 2.24) is 0 Å². The Bertz CT molecular complexity index is 1540. The molecule has 0 aliphatic rings. The molecule has 4 rings (SSSR count). The van der Waals surface area contributed by atoms with Crippen LogP contribution in [0.2, 0.25) is 20.1 Å². The number of carbonyl (C=O) groups is 3. The fourth-order valence-corrected chi connectivity index (χ4v) is 4.49. The van der Waals surface area contributed by atoms with Crippen molar-refractivity contribution in [1.29, 1.82) is 0 Å². The zero-order chi connectivity index (χ0) is 27.9. The van der Waals surface area contributed by atoms with Crippen molar-refractivity contribution in [2.45, 2.75) is 0 Å². The Hall–Kier alpha value is -3.75. The van der Waals surface area contributed by atoms with E-state index in [0.29, 0.717) is 0 Å². The topological polar surface area (TPSA) is 132 Å². The fraction of sp³-hybridized carbons (Fsp3) is 0. The van der Waals surface area contributed by atoms with Gasteiger partial charge < -0.3 is 20.4 Å². The van der Waals surface area contributed by atoms with Gasteiger partial charge in [-0.3, -0.25) is 14.4 Å². The number of hydrogen-bond acceptors (Lipinski definition) is 7. The van der Waals surface area contributed by atoms with E-state index in [0.717, 1.165) is 24.3 Å². The summed E-state index contributed by atoms with van der Waals surface area (Å²) in [6, 6.07) is 11.7. The van der Waals surface area contributed by atoms with E-state index in [2.05, 4.69) is 0 Å². The van der Waals surface area contributed by atoms with E-state index < -0.39 is 62.6 Å². The van der Waals surface area contributed by atoms with Crippen LogP contribution in [0, 0.1) is 0 Å². The highest BCUT2D eigenvalue weighted by Crippen LogP contribution is 2.37. The summed E-state index contributed by atoms with van der Waals surface area (Å²) in [5.41, 5.74) is -2.37. The molecule has 0 radical (unpaired) electrons. The lowest BCUT2D eigenvalue weighted by molar-refractivity contribution is 0.102. The largest absolute Gasteiger partial charge is 0.507 e. The minimum atomic E-state index is -1.03. The lowest BCUT2D eigenvalue weighted by Crippen LogP contribution is -2.10. The lowest BCUT2D eigenvalue weighted by atomic mass is 9.93. The first kappa shape index (κ1) is 27.3. The van der Waals surface area contributed by atoms with Crippen LogP contribution in [0.3, 0.4) is 0 Å². The van der Waals surface area contributed by atoms with Gasteiger partial charge in [0, 0.05) is 20.1 Å². The monoisotopic (exact) mass is 590 g/mol. The summed E-state index contributed by atoms with van der Waals surface area (Å²) in [6.45, 7) is 0. The van der Waals surface area contributed by atoms with Gasteiger partial charge in [-0.15, -0.1) is 0 Å². The third-order valence-electron chi connectivity index (χ3n) is 5.53. The van der Waals surface area contributed by atoms with Crippen molar-refractivity contribution >= 4 is 63.8 Å². The quantitative estimate of drug-likeness (QED) is 0.181. The SMILES string of the molecule is O=C(c1cc(Cl)ccc1O)c1cc(Cl)cc(C(=O)c2cc(Cl)cc(C(=O)c3cc(Cl)ccc3O)c2O)c1O. The molecule has 0 aliphatic carbocycles. The highest BCUT2D eigenvalue weighted by atomic mass is 35.5. The second-order valence-corrected chi connectivity index (χ2v) is 9.76. The van der Waals surface area contributed by atoms with Gasteiger partial charge >= 0.3 is 0 Å². The molecule has 0 spiro atoms. The Morgan fingerprint density at radius 3 is 1.00 bits per heavy atom. The molecule has 0 fully saturated rings. The summed E-state index contributed by atoms with van der Waals surface area (Å²) in [7, 11) is 0. The molecule has 0 heterocycles. The Labute approximate surface area is 235 Å². The Kier molecular flexibility index (Phi) is 7.58. The van der Waals surface area contributed by atoms with Crippen molar-refractivity contribution in [2.75, 3.05) is 0 Å². The number of benzene rings is 4. The van der Waals surface area contributed by atoms with Gasteiger partial charge in [-0.25, -0.2) is 0 Å². The van der Waals surface area contributed by atoms with Crippen LogP contribution in [0.1, 0.15) is 47.8 Å². The van der Waals surface area contributed by atoms with Crippen molar-refractivity contribution in [3.8, 4) is 23.0 Å². The van der Waals surface area contributed by atoms with Gasteiger partial charge in [0.25, 0.3) is 0 Å². The molecule has 38 heavy (non-hydrogen) atoms. The average Bonchev–Trinajstić information content (AvgIpc) is 2.88. The molecule has 0 saturated heterocycles. The van der Waals surface area contributed by atoms with Crippen LogP contribution in [0.15, 0.2) is 60.7 Å². The first-order valence-electron chi connectivity index (χ1n) is 10.5. The highest BCUT2D eigenvalue weighted by Gasteiger charge is 2.28. The molecule has 0 amide bonds.